The minimum absolute atomic E-state index is 0.344. The Bertz CT molecular complexity index is 622. The predicted molar refractivity (Wildman–Crippen MR) is 93.8 cm³/mol. The number of likely N-dealkylation sites (tertiary alicyclic amines) is 1. The molecule has 117 valence electrons. The van der Waals surface area contributed by atoms with Crippen LogP contribution < -0.4 is 0 Å². The van der Waals surface area contributed by atoms with Gasteiger partial charge in [0, 0.05) is 24.2 Å². The van der Waals surface area contributed by atoms with E-state index in [0.717, 1.165) is 18.5 Å². The van der Waals surface area contributed by atoms with Crippen molar-refractivity contribution in [3.05, 3.63) is 48.5 Å². The Morgan fingerprint density at radius 3 is 2.82 bits per heavy atom. The van der Waals surface area contributed by atoms with E-state index in [-0.39, 0.29) is 0 Å². The molecule has 2 aromatic rings. The summed E-state index contributed by atoms with van der Waals surface area (Å²) in [5.74, 6) is 0. The highest BCUT2D eigenvalue weighted by atomic mass is 15.2. The summed E-state index contributed by atoms with van der Waals surface area (Å²) in [6.07, 6.45) is 7.97. The molecule has 0 aliphatic carbocycles. The van der Waals surface area contributed by atoms with Crippen LogP contribution in [0.2, 0.25) is 0 Å². The first kappa shape index (κ1) is 15.5. The molecule has 1 aliphatic rings. The lowest BCUT2D eigenvalue weighted by Crippen LogP contribution is -2.48. The molecule has 0 bridgehead atoms. The number of nitrogens with zero attached hydrogens (tertiary/aromatic N) is 2. The maximum absolute atomic E-state index is 4.47. The summed E-state index contributed by atoms with van der Waals surface area (Å²) in [7, 11) is 0. The molecule has 22 heavy (non-hydrogen) atoms. The molecule has 1 unspecified atom stereocenters. The first-order valence-corrected chi connectivity index (χ1v) is 8.44. The zero-order chi connectivity index (χ0) is 15.6. The maximum Gasteiger partial charge on any atom is 0.0704 e. The Morgan fingerprint density at radius 2 is 2.00 bits per heavy atom. The zero-order valence-electron chi connectivity index (χ0n) is 14.0. The molecule has 1 aliphatic heterocycles. The average molecular weight is 295 g/mol. The van der Waals surface area contributed by atoms with E-state index < -0.39 is 0 Å². The summed E-state index contributed by atoms with van der Waals surface area (Å²) < 4.78 is 0. The van der Waals surface area contributed by atoms with Crippen LogP contribution in [0, 0.1) is 11.8 Å². The van der Waals surface area contributed by atoms with Gasteiger partial charge in [-0.3, -0.25) is 9.88 Å². The van der Waals surface area contributed by atoms with Crippen molar-refractivity contribution in [2.75, 3.05) is 13.1 Å². The Labute approximate surface area is 134 Å². The molecule has 1 radical (unpaired) electrons. The number of hydrogen-bond acceptors (Lipinski definition) is 2. The predicted octanol–water partition coefficient (Wildman–Crippen LogP) is 4.49. The van der Waals surface area contributed by atoms with Crippen LogP contribution >= 0.6 is 0 Å². The number of benzene rings is 1. The van der Waals surface area contributed by atoms with Gasteiger partial charge in [0.25, 0.3) is 0 Å². The largest absolute Gasteiger partial charge is 0.300 e. The monoisotopic (exact) mass is 295 g/mol. The molecular weight excluding hydrogens is 268 g/mol. The summed E-state index contributed by atoms with van der Waals surface area (Å²) in [5.41, 5.74) is 2.88. The molecule has 1 fully saturated rings. The average Bonchev–Trinajstić information content (AvgIpc) is 2.52. The topological polar surface area (TPSA) is 16.1 Å². The molecule has 0 N–H and O–H groups in total. The van der Waals surface area contributed by atoms with Gasteiger partial charge in [-0.15, -0.1) is 0 Å². The third-order valence-corrected chi connectivity index (χ3v) is 4.86. The summed E-state index contributed by atoms with van der Waals surface area (Å²) in [5, 5.41) is 1.31. The summed E-state index contributed by atoms with van der Waals surface area (Å²) in [6, 6.07) is 11.3. The second-order valence-corrected chi connectivity index (χ2v) is 7.47. The minimum atomic E-state index is 0.344. The number of hydrogen-bond donors (Lipinski definition) is 0. The lowest BCUT2D eigenvalue weighted by Gasteiger charge is -2.43. The van der Waals surface area contributed by atoms with Crippen LogP contribution in [-0.4, -0.2) is 29.0 Å². The highest BCUT2D eigenvalue weighted by molar-refractivity contribution is 5.81. The van der Waals surface area contributed by atoms with Crippen molar-refractivity contribution in [1.82, 2.24) is 9.88 Å². The van der Waals surface area contributed by atoms with Gasteiger partial charge in [-0.1, -0.05) is 39.0 Å². The second kappa shape index (κ2) is 6.37. The van der Waals surface area contributed by atoms with E-state index in [1.165, 1.54) is 30.3 Å². The fraction of sp³-hybridized carbons (Fsp3) is 0.500. The molecule has 1 aromatic carbocycles. The Morgan fingerprint density at radius 1 is 1.18 bits per heavy atom. The normalized spacial score (nSPS) is 20.4. The van der Waals surface area contributed by atoms with Crippen molar-refractivity contribution in [3.8, 4) is 0 Å². The van der Waals surface area contributed by atoms with Crippen LogP contribution in [0.25, 0.3) is 10.9 Å². The van der Waals surface area contributed by atoms with Crippen LogP contribution in [0.15, 0.2) is 36.5 Å². The lowest BCUT2D eigenvalue weighted by molar-refractivity contribution is 0.0820. The van der Waals surface area contributed by atoms with Crippen molar-refractivity contribution in [3.63, 3.8) is 0 Å². The molecule has 2 heteroatoms. The van der Waals surface area contributed by atoms with E-state index in [1.807, 2.05) is 6.20 Å². The molecule has 0 saturated carbocycles. The van der Waals surface area contributed by atoms with Gasteiger partial charge in [0.05, 0.1) is 5.52 Å². The standard InChI is InChI=1S/C20H27N2/c1-20(2,3)19-10-6-7-14-22(19)15-12-16-11-13-21-18-9-5-4-8-17(16)18/h4-6,8-9,11,13,19H,7,10,12,14-15H2,1-3H3. The van der Waals surface area contributed by atoms with Gasteiger partial charge in [-0.05, 0) is 55.3 Å². The number of piperidine rings is 1. The van der Waals surface area contributed by atoms with E-state index >= 15 is 0 Å². The summed E-state index contributed by atoms with van der Waals surface area (Å²) >= 11 is 0. The van der Waals surface area contributed by atoms with Gasteiger partial charge in [0.15, 0.2) is 0 Å². The van der Waals surface area contributed by atoms with E-state index in [4.69, 9.17) is 0 Å². The van der Waals surface area contributed by atoms with Crippen LogP contribution in [-0.2, 0) is 6.42 Å². The van der Waals surface area contributed by atoms with Crippen molar-refractivity contribution in [2.45, 2.75) is 46.1 Å². The second-order valence-electron chi connectivity index (χ2n) is 7.47. The molecule has 1 atom stereocenters. The number of aromatic nitrogens is 1. The Kier molecular flexibility index (Phi) is 4.49. The van der Waals surface area contributed by atoms with Gasteiger partial charge < -0.3 is 0 Å². The van der Waals surface area contributed by atoms with E-state index in [2.05, 4.69) is 67.4 Å². The first-order valence-electron chi connectivity index (χ1n) is 8.44. The van der Waals surface area contributed by atoms with Crippen LogP contribution in [0.4, 0.5) is 0 Å². The SMILES string of the molecule is CC(C)(C)C1C[CH]CCN1CCc1ccnc2ccccc12. The highest BCUT2D eigenvalue weighted by Crippen LogP contribution is 2.31. The zero-order valence-corrected chi connectivity index (χ0v) is 14.0. The van der Waals surface area contributed by atoms with Crippen LogP contribution in [0.5, 0.6) is 0 Å². The van der Waals surface area contributed by atoms with Gasteiger partial charge in [-0.25, -0.2) is 0 Å². The van der Waals surface area contributed by atoms with Gasteiger partial charge >= 0.3 is 0 Å². The molecule has 3 rings (SSSR count). The fourth-order valence-corrected chi connectivity index (χ4v) is 3.64. The Balaban J connectivity index is 1.75. The van der Waals surface area contributed by atoms with Gasteiger partial charge in [-0.2, -0.15) is 0 Å². The molecule has 0 spiro atoms. The smallest absolute Gasteiger partial charge is 0.0704 e. The number of pyridine rings is 1. The molecule has 0 amide bonds. The third kappa shape index (κ3) is 3.33. The van der Waals surface area contributed by atoms with E-state index in [0.29, 0.717) is 11.5 Å². The molecule has 2 nitrogen and oxygen atoms in total. The number of fused-ring (bicyclic) bond motifs is 1. The molecular formula is C20H27N2. The molecule has 2 heterocycles. The fourth-order valence-electron chi connectivity index (χ4n) is 3.64. The van der Waals surface area contributed by atoms with Crippen molar-refractivity contribution < 1.29 is 0 Å². The van der Waals surface area contributed by atoms with Crippen molar-refractivity contribution >= 4 is 10.9 Å². The lowest BCUT2D eigenvalue weighted by atomic mass is 9.80. The summed E-state index contributed by atoms with van der Waals surface area (Å²) in [6.45, 7) is 9.44. The van der Waals surface area contributed by atoms with E-state index in [1.54, 1.807) is 0 Å². The number of para-hydroxylation sites is 1. The quantitative estimate of drug-likeness (QED) is 0.829. The van der Waals surface area contributed by atoms with Crippen LogP contribution in [0.3, 0.4) is 0 Å². The van der Waals surface area contributed by atoms with Crippen molar-refractivity contribution in [2.24, 2.45) is 5.41 Å². The highest BCUT2D eigenvalue weighted by Gasteiger charge is 2.31. The van der Waals surface area contributed by atoms with Crippen LogP contribution in [0.1, 0.15) is 39.2 Å². The van der Waals surface area contributed by atoms with Gasteiger partial charge in [0.1, 0.15) is 0 Å². The summed E-state index contributed by atoms with van der Waals surface area (Å²) in [4.78, 5) is 7.16. The van der Waals surface area contributed by atoms with E-state index in [9.17, 15) is 0 Å². The first-order chi connectivity index (χ1) is 10.6. The number of rotatable bonds is 3. The maximum atomic E-state index is 4.47. The van der Waals surface area contributed by atoms with Gasteiger partial charge in [0.2, 0.25) is 0 Å². The van der Waals surface area contributed by atoms with Crippen molar-refractivity contribution in [1.29, 1.82) is 0 Å². The minimum Gasteiger partial charge on any atom is -0.300 e. The molecule has 1 aromatic heterocycles. The third-order valence-electron chi connectivity index (χ3n) is 4.86. The molecule has 1 saturated heterocycles. The Hall–Kier alpha value is -1.41.